The Balaban J connectivity index is 1.85. The highest BCUT2D eigenvalue weighted by atomic mass is 16.2. The van der Waals surface area contributed by atoms with E-state index in [-0.39, 0.29) is 11.8 Å². The van der Waals surface area contributed by atoms with E-state index in [1.54, 1.807) is 9.80 Å². The number of nitrogens with zero attached hydrogens (tertiary/aromatic N) is 2. The van der Waals surface area contributed by atoms with Gasteiger partial charge in [-0.05, 0) is 31.6 Å². The minimum atomic E-state index is -0.428. The van der Waals surface area contributed by atoms with Crippen molar-refractivity contribution < 1.29 is 14.4 Å². The molecule has 3 amide bonds. The number of hydrogen-bond donors (Lipinski definition) is 1. The third-order valence-electron chi connectivity index (χ3n) is 4.44. The van der Waals surface area contributed by atoms with Crippen molar-refractivity contribution >= 4 is 17.7 Å². The van der Waals surface area contributed by atoms with Gasteiger partial charge in [0, 0.05) is 32.1 Å². The minimum absolute atomic E-state index is 0.162. The van der Waals surface area contributed by atoms with E-state index in [1.165, 1.54) is 0 Å². The van der Waals surface area contributed by atoms with Crippen LogP contribution in [0.4, 0.5) is 0 Å². The van der Waals surface area contributed by atoms with Gasteiger partial charge < -0.3 is 15.5 Å². The van der Waals surface area contributed by atoms with Crippen LogP contribution in [0.25, 0.3) is 0 Å². The van der Waals surface area contributed by atoms with Crippen LogP contribution in [0.3, 0.4) is 0 Å². The molecule has 6 heteroatoms. The summed E-state index contributed by atoms with van der Waals surface area (Å²) in [6, 6.07) is 0. The highest BCUT2D eigenvalue weighted by Crippen LogP contribution is 2.19. The zero-order valence-corrected chi connectivity index (χ0v) is 12.0. The summed E-state index contributed by atoms with van der Waals surface area (Å²) in [6.07, 6.45) is 3.04. The van der Waals surface area contributed by atoms with Crippen molar-refractivity contribution in [1.82, 2.24) is 9.80 Å². The Morgan fingerprint density at radius 1 is 0.850 bits per heavy atom. The first kappa shape index (κ1) is 14.8. The van der Waals surface area contributed by atoms with Crippen molar-refractivity contribution in [3.05, 3.63) is 0 Å². The van der Waals surface area contributed by atoms with Crippen LogP contribution in [-0.2, 0) is 14.4 Å². The van der Waals surface area contributed by atoms with Crippen LogP contribution in [-0.4, -0.2) is 53.7 Å². The molecule has 0 aromatic heterocycles. The van der Waals surface area contributed by atoms with Crippen molar-refractivity contribution in [3.8, 4) is 0 Å². The topological polar surface area (TPSA) is 83.7 Å². The summed E-state index contributed by atoms with van der Waals surface area (Å²) in [6.45, 7) is 4.40. The van der Waals surface area contributed by atoms with Gasteiger partial charge in [0.25, 0.3) is 0 Å². The second-order valence-electron chi connectivity index (χ2n) is 5.94. The van der Waals surface area contributed by atoms with Gasteiger partial charge in [-0.2, -0.15) is 0 Å². The smallest absolute Gasteiger partial charge is 0.312 e. The van der Waals surface area contributed by atoms with E-state index in [2.05, 4.69) is 6.92 Å². The summed E-state index contributed by atoms with van der Waals surface area (Å²) >= 11 is 0. The minimum Gasteiger partial charge on any atom is -0.369 e. The molecule has 2 N–H and O–H groups in total. The lowest BCUT2D eigenvalue weighted by Crippen LogP contribution is -2.50. The molecule has 0 saturated carbocycles. The van der Waals surface area contributed by atoms with Gasteiger partial charge in [0.1, 0.15) is 0 Å². The molecule has 0 unspecified atom stereocenters. The average molecular weight is 281 g/mol. The highest BCUT2D eigenvalue weighted by molar-refractivity contribution is 6.34. The van der Waals surface area contributed by atoms with Gasteiger partial charge in [-0.3, -0.25) is 14.4 Å². The standard InChI is InChI=1S/C14H23N3O3/c1-10-2-6-16(7-3-10)13(19)14(20)17-8-4-11(5-9-17)12(15)18/h10-11H,2-9H2,1H3,(H2,15,18). The first-order valence-corrected chi connectivity index (χ1v) is 7.36. The molecule has 20 heavy (non-hydrogen) atoms. The lowest BCUT2D eigenvalue weighted by molar-refractivity contribution is -0.153. The van der Waals surface area contributed by atoms with Crippen molar-refractivity contribution in [1.29, 1.82) is 0 Å². The Bertz CT molecular complexity index is 394. The molecule has 0 spiro atoms. The van der Waals surface area contributed by atoms with Gasteiger partial charge in [-0.15, -0.1) is 0 Å². The number of likely N-dealkylation sites (tertiary alicyclic amines) is 2. The number of nitrogens with two attached hydrogens (primary N) is 1. The monoisotopic (exact) mass is 281 g/mol. The highest BCUT2D eigenvalue weighted by Gasteiger charge is 2.32. The van der Waals surface area contributed by atoms with Gasteiger partial charge in [-0.25, -0.2) is 0 Å². The molecule has 0 bridgehead atoms. The van der Waals surface area contributed by atoms with E-state index in [0.717, 1.165) is 12.8 Å². The Morgan fingerprint density at radius 2 is 1.25 bits per heavy atom. The van der Waals surface area contributed by atoms with E-state index in [4.69, 9.17) is 5.73 Å². The predicted octanol–water partition coefficient (Wildman–Crippen LogP) is -0.0312. The quantitative estimate of drug-likeness (QED) is 0.685. The lowest BCUT2D eigenvalue weighted by atomic mass is 9.96. The van der Waals surface area contributed by atoms with Crippen LogP contribution in [0, 0.1) is 11.8 Å². The summed E-state index contributed by atoms with van der Waals surface area (Å²) in [5, 5.41) is 0. The Morgan fingerprint density at radius 3 is 1.65 bits per heavy atom. The summed E-state index contributed by atoms with van der Waals surface area (Å²) in [5.41, 5.74) is 5.26. The zero-order chi connectivity index (χ0) is 14.7. The van der Waals surface area contributed by atoms with Crippen LogP contribution in [0.5, 0.6) is 0 Å². The molecule has 0 aromatic rings. The number of hydrogen-bond acceptors (Lipinski definition) is 3. The van der Waals surface area contributed by atoms with E-state index in [1.807, 2.05) is 0 Å². The second kappa shape index (κ2) is 6.24. The van der Waals surface area contributed by atoms with Gasteiger partial charge in [0.05, 0.1) is 0 Å². The van der Waals surface area contributed by atoms with Crippen LogP contribution >= 0.6 is 0 Å². The van der Waals surface area contributed by atoms with E-state index >= 15 is 0 Å². The van der Waals surface area contributed by atoms with E-state index in [0.29, 0.717) is 44.9 Å². The predicted molar refractivity (Wildman–Crippen MR) is 73.5 cm³/mol. The molecule has 2 heterocycles. The van der Waals surface area contributed by atoms with Crippen molar-refractivity contribution in [2.75, 3.05) is 26.2 Å². The first-order chi connectivity index (χ1) is 9.49. The fourth-order valence-corrected chi connectivity index (χ4v) is 2.85. The molecule has 2 fully saturated rings. The third kappa shape index (κ3) is 3.29. The molecule has 6 nitrogen and oxygen atoms in total. The summed E-state index contributed by atoms with van der Waals surface area (Å²) in [7, 11) is 0. The summed E-state index contributed by atoms with van der Waals surface area (Å²) in [4.78, 5) is 38.6. The summed E-state index contributed by atoms with van der Waals surface area (Å²) < 4.78 is 0. The lowest BCUT2D eigenvalue weighted by Gasteiger charge is -2.34. The Hall–Kier alpha value is -1.59. The number of carbonyl (C=O) groups excluding carboxylic acids is 3. The van der Waals surface area contributed by atoms with Crippen molar-refractivity contribution in [3.63, 3.8) is 0 Å². The molecule has 2 aliphatic heterocycles. The molecule has 2 saturated heterocycles. The van der Waals surface area contributed by atoms with E-state index in [9.17, 15) is 14.4 Å². The van der Waals surface area contributed by atoms with Crippen LogP contribution < -0.4 is 5.73 Å². The number of carbonyl (C=O) groups is 3. The molecule has 0 atom stereocenters. The largest absolute Gasteiger partial charge is 0.369 e. The van der Waals surface area contributed by atoms with Crippen molar-refractivity contribution in [2.45, 2.75) is 32.6 Å². The van der Waals surface area contributed by atoms with Gasteiger partial charge in [0.15, 0.2) is 0 Å². The van der Waals surface area contributed by atoms with Gasteiger partial charge in [-0.1, -0.05) is 6.92 Å². The average Bonchev–Trinajstić information content (AvgIpc) is 2.46. The number of primary amides is 1. The molecule has 2 aliphatic rings. The van der Waals surface area contributed by atoms with Gasteiger partial charge in [0.2, 0.25) is 5.91 Å². The maximum absolute atomic E-state index is 12.2. The maximum Gasteiger partial charge on any atom is 0.312 e. The molecule has 0 aromatic carbocycles. The normalized spacial score (nSPS) is 21.9. The Kier molecular flexibility index (Phi) is 4.62. The molecule has 2 rings (SSSR count). The van der Waals surface area contributed by atoms with E-state index < -0.39 is 11.8 Å². The number of amides is 3. The number of rotatable bonds is 1. The molecular formula is C14H23N3O3. The molecule has 112 valence electrons. The van der Waals surface area contributed by atoms with Gasteiger partial charge >= 0.3 is 11.8 Å². The maximum atomic E-state index is 12.2. The van der Waals surface area contributed by atoms with Crippen molar-refractivity contribution in [2.24, 2.45) is 17.6 Å². The molecule has 0 aliphatic carbocycles. The zero-order valence-electron chi connectivity index (χ0n) is 12.0. The van der Waals surface area contributed by atoms with Crippen LogP contribution in [0.1, 0.15) is 32.6 Å². The summed E-state index contributed by atoms with van der Waals surface area (Å²) in [5.74, 6) is -0.671. The number of piperidine rings is 2. The molecular weight excluding hydrogens is 258 g/mol. The molecule has 0 radical (unpaired) electrons. The SMILES string of the molecule is CC1CCN(C(=O)C(=O)N2CCC(C(N)=O)CC2)CC1. The fraction of sp³-hybridized carbons (Fsp3) is 0.786. The fourth-order valence-electron chi connectivity index (χ4n) is 2.85. The second-order valence-corrected chi connectivity index (χ2v) is 5.94. The van der Waals surface area contributed by atoms with Crippen LogP contribution in [0.2, 0.25) is 0 Å². The third-order valence-corrected chi connectivity index (χ3v) is 4.44. The Labute approximate surface area is 119 Å². The van der Waals surface area contributed by atoms with Crippen LogP contribution in [0.15, 0.2) is 0 Å². The first-order valence-electron chi connectivity index (χ1n) is 7.36.